The fraction of sp³-hybridized carbons (Fsp3) is 0.474. The van der Waals surface area contributed by atoms with Gasteiger partial charge in [0.05, 0.1) is 24.0 Å². The summed E-state index contributed by atoms with van der Waals surface area (Å²) in [5, 5.41) is 9.80. The van der Waals surface area contributed by atoms with E-state index in [-0.39, 0.29) is 36.5 Å². The van der Waals surface area contributed by atoms with Crippen molar-refractivity contribution >= 4 is 5.91 Å². The van der Waals surface area contributed by atoms with Gasteiger partial charge in [0.2, 0.25) is 0 Å². The van der Waals surface area contributed by atoms with Gasteiger partial charge in [-0.05, 0) is 32.8 Å². The van der Waals surface area contributed by atoms with Crippen molar-refractivity contribution in [2.45, 2.75) is 58.0 Å². The average molecular weight is 359 g/mol. The topological polar surface area (TPSA) is 76.2 Å². The Morgan fingerprint density at radius 2 is 2.23 bits per heavy atom. The van der Waals surface area contributed by atoms with E-state index in [0.29, 0.717) is 17.7 Å². The fourth-order valence-electron chi connectivity index (χ4n) is 3.27. The number of hydrogen-bond donors (Lipinski definition) is 2. The second-order valence-electron chi connectivity index (χ2n) is 6.99. The van der Waals surface area contributed by atoms with E-state index in [1.165, 1.54) is 0 Å². The minimum absolute atomic E-state index is 0.0235. The highest BCUT2D eigenvalue weighted by molar-refractivity contribution is 5.94. The molecule has 6 nitrogen and oxygen atoms in total. The summed E-state index contributed by atoms with van der Waals surface area (Å²) < 4.78 is 25.8. The van der Waals surface area contributed by atoms with Crippen LogP contribution in [0.2, 0.25) is 0 Å². The number of fused-ring (bicyclic) bond motifs is 1. The number of rotatable bonds is 5. The van der Waals surface area contributed by atoms with Crippen LogP contribution in [-0.4, -0.2) is 28.3 Å². The third-order valence-electron chi connectivity index (χ3n) is 4.75. The summed E-state index contributed by atoms with van der Waals surface area (Å²) in [6.45, 7) is 3.97. The number of aromatic amines is 1. The van der Waals surface area contributed by atoms with Crippen molar-refractivity contribution < 1.29 is 18.7 Å². The number of benzene rings is 1. The van der Waals surface area contributed by atoms with E-state index in [0.717, 1.165) is 24.1 Å². The zero-order chi connectivity index (χ0) is 18.3. The summed E-state index contributed by atoms with van der Waals surface area (Å²) >= 11 is 0. The van der Waals surface area contributed by atoms with Crippen molar-refractivity contribution in [3.05, 3.63) is 46.5 Å². The Kier molecular flexibility index (Phi) is 4.40. The lowest BCUT2D eigenvalue weighted by atomic mass is 9.99. The summed E-state index contributed by atoms with van der Waals surface area (Å²) in [5.41, 5.74) is 2.46. The molecule has 4 rings (SSSR count). The standard InChI is InChI=1S/C19H22FN3O3/c1-10-8-14-17(11(2)25-10)22-23-18(14)19(24)21-9-12-4-3-5-15(16(12)20)26-13-6-7-13/h3-5,10-11,13H,6-9H2,1-2H3,(H,21,24)(H,22,23)/t10-,11+/m1/s1. The molecule has 2 N–H and O–H groups in total. The average Bonchev–Trinajstić information content (AvgIpc) is 3.32. The normalized spacial score (nSPS) is 22.0. The largest absolute Gasteiger partial charge is 0.487 e. The molecule has 2 aromatic rings. The van der Waals surface area contributed by atoms with Crippen molar-refractivity contribution in [3.63, 3.8) is 0 Å². The van der Waals surface area contributed by atoms with Crippen LogP contribution in [0, 0.1) is 5.82 Å². The van der Waals surface area contributed by atoms with Crippen LogP contribution >= 0.6 is 0 Å². The fourth-order valence-corrected chi connectivity index (χ4v) is 3.27. The number of ether oxygens (including phenoxy) is 2. The van der Waals surface area contributed by atoms with Crippen LogP contribution < -0.4 is 10.1 Å². The Balaban J connectivity index is 1.46. The first-order chi connectivity index (χ1) is 12.5. The van der Waals surface area contributed by atoms with Gasteiger partial charge in [0.25, 0.3) is 5.91 Å². The number of aromatic nitrogens is 2. The quantitative estimate of drug-likeness (QED) is 0.860. The van der Waals surface area contributed by atoms with Gasteiger partial charge in [0, 0.05) is 24.1 Å². The molecule has 1 saturated carbocycles. The van der Waals surface area contributed by atoms with Crippen LogP contribution in [0.1, 0.15) is 60.1 Å². The number of nitrogens with one attached hydrogen (secondary N) is 2. The van der Waals surface area contributed by atoms with Gasteiger partial charge in [-0.25, -0.2) is 4.39 Å². The molecule has 2 aliphatic rings. The smallest absolute Gasteiger partial charge is 0.272 e. The highest BCUT2D eigenvalue weighted by atomic mass is 19.1. The van der Waals surface area contributed by atoms with Gasteiger partial charge < -0.3 is 14.8 Å². The molecule has 0 saturated heterocycles. The first kappa shape index (κ1) is 17.0. The zero-order valence-electron chi connectivity index (χ0n) is 14.8. The Bertz CT molecular complexity index is 831. The zero-order valence-corrected chi connectivity index (χ0v) is 14.8. The molecule has 1 aromatic heterocycles. The molecule has 2 heterocycles. The summed E-state index contributed by atoms with van der Waals surface area (Å²) in [6.07, 6.45) is 2.57. The molecule has 0 spiro atoms. The molecular weight excluding hydrogens is 337 g/mol. The van der Waals surface area contributed by atoms with E-state index < -0.39 is 5.82 Å². The van der Waals surface area contributed by atoms with E-state index in [9.17, 15) is 9.18 Å². The summed E-state index contributed by atoms with van der Waals surface area (Å²) in [4.78, 5) is 12.6. The van der Waals surface area contributed by atoms with E-state index >= 15 is 0 Å². The molecular formula is C19H22FN3O3. The van der Waals surface area contributed by atoms with Gasteiger partial charge in [-0.15, -0.1) is 0 Å². The second kappa shape index (κ2) is 6.72. The number of amides is 1. The molecule has 26 heavy (non-hydrogen) atoms. The number of nitrogens with zero attached hydrogens (tertiary/aromatic N) is 1. The van der Waals surface area contributed by atoms with E-state index in [2.05, 4.69) is 15.5 Å². The van der Waals surface area contributed by atoms with Gasteiger partial charge in [-0.2, -0.15) is 5.10 Å². The lowest BCUT2D eigenvalue weighted by Crippen LogP contribution is -2.27. The lowest BCUT2D eigenvalue weighted by Gasteiger charge is -2.25. The van der Waals surface area contributed by atoms with Crippen LogP contribution in [0.5, 0.6) is 5.75 Å². The molecule has 0 bridgehead atoms. The first-order valence-corrected chi connectivity index (χ1v) is 8.97. The van der Waals surface area contributed by atoms with Crippen LogP contribution in [0.4, 0.5) is 4.39 Å². The van der Waals surface area contributed by atoms with E-state index in [1.54, 1.807) is 18.2 Å². The predicted molar refractivity (Wildman–Crippen MR) is 92.5 cm³/mol. The Morgan fingerprint density at radius 3 is 3.00 bits per heavy atom. The third kappa shape index (κ3) is 3.31. The number of halogens is 1. The molecule has 1 amide bonds. The minimum Gasteiger partial charge on any atom is -0.487 e. The number of carbonyl (C=O) groups excluding carboxylic acids is 1. The van der Waals surface area contributed by atoms with Gasteiger partial charge >= 0.3 is 0 Å². The number of hydrogen-bond acceptors (Lipinski definition) is 4. The monoisotopic (exact) mass is 359 g/mol. The molecule has 1 aliphatic carbocycles. The van der Waals surface area contributed by atoms with Gasteiger partial charge in [0.15, 0.2) is 17.3 Å². The van der Waals surface area contributed by atoms with Crippen molar-refractivity contribution in [1.29, 1.82) is 0 Å². The minimum atomic E-state index is -0.417. The summed E-state index contributed by atoms with van der Waals surface area (Å²) in [5.74, 6) is -0.493. The van der Waals surface area contributed by atoms with Crippen LogP contribution in [0.15, 0.2) is 18.2 Å². The van der Waals surface area contributed by atoms with Crippen LogP contribution in [0.3, 0.4) is 0 Å². The van der Waals surface area contributed by atoms with Crippen molar-refractivity contribution in [1.82, 2.24) is 15.5 Å². The second-order valence-corrected chi connectivity index (χ2v) is 6.99. The van der Waals surface area contributed by atoms with Crippen LogP contribution in [0.25, 0.3) is 0 Å². The highest BCUT2D eigenvalue weighted by Gasteiger charge is 2.29. The van der Waals surface area contributed by atoms with Crippen molar-refractivity contribution in [2.75, 3.05) is 0 Å². The summed E-state index contributed by atoms with van der Waals surface area (Å²) in [6, 6.07) is 5.00. The van der Waals surface area contributed by atoms with E-state index in [1.807, 2.05) is 13.8 Å². The molecule has 0 unspecified atom stereocenters. The molecule has 1 fully saturated rings. The molecule has 7 heteroatoms. The van der Waals surface area contributed by atoms with Gasteiger partial charge in [-0.3, -0.25) is 9.89 Å². The van der Waals surface area contributed by atoms with Crippen LogP contribution in [-0.2, 0) is 17.7 Å². The highest BCUT2D eigenvalue weighted by Crippen LogP contribution is 2.31. The SMILES string of the molecule is C[C@@H]1Cc2c(C(=O)NCc3cccc(OC4CC4)c3F)n[nH]c2[C@H](C)O1. The maximum Gasteiger partial charge on any atom is 0.272 e. The Labute approximate surface area is 151 Å². The lowest BCUT2D eigenvalue weighted by molar-refractivity contribution is -0.00697. The van der Waals surface area contributed by atoms with Crippen molar-refractivity contribution in [3.8, 4) is 5.75 Å². The van der Waals surface area contributed by atoms with Crippen molar-refractivity contribution in [2.24, 2.45) is 0 Å². The summed E-state index contributed by atoms with van der Waals surface area (Å²) in [7, 11) is 0. The molecule has 138 valence electrons. The number of H-pyrrole nitrogens is 1. The van der Waals surface area contributed by atoms with Gasteiger partial charge in [-0.1, -0.05) is 12.1 Å². The molecule has 2 atom stereocenters. The maximum atomic E-state index is 14.5. The Hall–Kier alpha value is -2.41. The predicted octanol–water partition coefficient (Wildman–Crippen LogP) is 3.04. The Morgan fingerprint density at radius 1 is 1.42 bits per heavy atom. The third-order valence-corrected chi connectivity index (χ3v) is 4.75. The molecule has 1 aliphatic heterocycles. The number of carbonyl (C=O) groups is 1. The maximum absolute atomic E-state index is 14.5. The van der Waals surface area contributed by atoms with Gasteiger partial charge in [0.1, 0.15) is 0 Å². The first-order valence-electron chi connectivity index (χ1n) is 8.97. The molecule has 0 radical (unpaired) electrons. The molecule has 1 aromatic carbocycles. The van der Waals surface area contributed by atoms with E-state index in [4.69, 9.17) is 9.47 Å².